The van der Waals surface area contributed by atoms with E-state index in [4.69, 9.17) is 56.8 Å². The van der Waals surface area contributed by atoms with E-state index >= 15 is 0 Å². The third-order valence-electron chi connectivity index (χ3n) is 19.0. The molecule has 16 nitrogen and oxygen atoms in total. The van der Waals surface area contributed by atoms with Gasteiger partial charge in [0.15, 0.2) is 0 Å². The molecule has 8 aromatic carbocycles. The maximum Gasteiger partial charge on any atom is 0.230 e. The minimum atomic E-state index is -0.385. The first kappa shape index (κ1) is 61.4. The van der Waals surface area contributed by atoms with E-state index in [-0.39, 0.29) is 100 Å². The van der Waals surface area contributed by atoms with Gasteiger partial charge in [0.05, 0.1) is 22.3 Å². The van der Waals surface area contributed by atoms with Crippen LogP contribution in [0.5, 0.6) is 92.0 Å². The molecule has 1 aliphatic carbocycles. The number of phenolic OH excluding ortho intramolecular Hbond substituents is 4. The Morgan fingerprint density at radius 2 is 0.489 bits per heavy atom. The lowest BCUT2D eigenvalue weighted by Gasteiger charge is -2.37. The molecule has 0 saturated heterocycles. The van der Waals surface area contributed by atoms with Crippen LogP contribution >= 0.6 is 0 Å². The van der Waals surface area contributed by atoms with Gasteiger partial charge in [-0.15, -0.1) is 0 Å². The summed E-state index contributed by atoms with van der Waals surface area (Å²) in [5.74, 6) is 5.32. The quantitative estimate of drug-likeness (QED) is 0.0563. The second-order valence-electron chi connectivity index (χ2n) is 24.5. The van der Waals surface area contributed by atoms with E-state index in [9.17, 15) is 20.4 Å². The zero-order valence-corrected chi connectivity index (χ0v) is 53.5. The molecule has 5 aliphatic rings. The van der Waals surface area contributed by atoms with Gasteiger partial charge in [0.2, 0.25) is 27.2 Å². The van der Waals surface area contributed by atoms with Gasteiger partial charge in [-0.25, -0.2) is 0 Å². The van der Waals surface area contributed by atoms with E-state index in [2.05, 4.69) is 52.0 Å². The smallest absolute Gasteiger partial charge is 0.230 e. The van der Waals surface area contributed by atoms with Crippen LogP contribution in [0.3, 0.4) is 0 Å². The van der Waals surface area contributed by atoms with Gasteiger partial charge in [-0.2, -0.15) is 0 Å². The number of hydrogen-bond acceptors (Lipinski definition) is 16. The lowest BCUT2D eigenvalue weighted by Crippen LogP contribution is -2.26. The zero-order valence-electron chi connectivity index (χ0n) is 53.5. The molecule has 0 atom stereocenters. The van der Waals surface area contributed by atoms with E-state index < -0.39 is 0 Å². The second-order valence-corrected chi connectivity index (χ2v) is 24.5. The first-order chi connectivity index (χ1) is 44.8. The minimum Gasteiger partial charge on any atom is -0.508 e. The SMILES string of the molecule is CCCC1c2cc3c4c(COc5cccc(O)c5C)c2OCOc2c1cc1c(c2COc2cccc(O)c2C)OCOc2c(cc5c(c2COc2cccc(O)c2C)OCOc2c(cc(c(c2COc2cccc(O)c2C)OCO4)C3CCC)C5CCC)C1CCC. The van der Waals surface area contributed by atoms with Gasteiger partial charge in [-0.3, -0.25) is 0 Å². The standard InChI is InChI=1S/C76H80O16/c1-9-17-45-49-29-51-46(18-10-2)53-31-55-48(20-12-4)56-32-54-47(19-11-3)52-30-50(45)70-58(34-82-66-26-14-22-62(78)42(66)6)72(52)88-39-90-74(54)60(36-84-68-28-16-24-64(80)44(68)8)76(56)92-40-91-75(55)59(35-83-67-27-15-23-63(79)43(67)7)73(53)89-38-87-71(51)57(69(49)85-37-86-70)33-81-65-25-13-21-61(77)41(65)5/h13-16,21-32,45-48,77-80H,9-12,17-20,33-40H2,1-8H3. The van der Waals surface area contributed by atoms with Crippen molar-refractivity contribution in [1.82, 2.24) is 0 Å². The molecular weight excluding hydrogens is 1170 g/mol. The molecule has 0 radical (unpaired) electrons. The van der Waals surface area contributed by atoms with E-state index in [0.29, 0.717) is 139 Å². The highest BCUT2D eigenvalue weighted by molar-refractivity contribution is 5.70. The van der Waals surface area contributed by atoms with Crippen molar-refractivity contribution in [2.45, 2.75) is 157 Å². The molecule has 480 valence electrons. The van der Waals surface area contributed by atoms with E-state index in [1.807, 2.05) is 52.0 Å². The van der Waals surface area contributed by atoms with Crippen LogP contribution in [0, 0.1) is 27.7 Å². The topological polar surface area (TPSA) is 192 Å². The Morgan fingerprint density at radius 3 is 0.663 bits per heavy atom. The molecule has 13 rings (SSSR count). The fourth-order valence-corrected chi connectivity index (χ4v) is 14.3. The largest absolute Gasteiger partial charge is 0.508 e. The fourth-order valence-electron chi connectivity index (χ4n) is 14.3. The van der Waals surface area contributed by atoms with E-state index in [0.717, 1.165) is 70.2 Å². The Labute approximate surface area is 537 Å². The highest BCUT2D eigenvalue weighted by Gasteiger charge is 2.42. The van der Waals surface area contributed by atoms with Crippen molar-refractivity contribution >= 4 is 0 Å². The summed E-state index contributed by atoms with van der Waals surface area (Å²) < 4.78 is 84.1. The molecule has 0 unspecified atom stereocenters. The molecule has 0 saturated carbocycles. The highest BCUT2D eigenvalue weighted by atomic mass is 16.7. The summed E-state index contributed by atoms with van der Waals surface area (Å²) in [5.41, 5.74) is 12.2. The van der Waals surface area contributed by atoms with Crippen LogP contribution in [0.25, 0.3) is 0 Å². The number of phenols is 4. The van der Waals surface area contributed by atoms with Crippen molar-refractivity contribution in [3.63, 3.8) is 0 Å². The molecular formula is C76H80O16. The van der Waals surface area contributed by atoms with Crippen molar-refractivity contribution in [1.29, 1.82) is 0 Å². The number of benzene rings is 8. The fraction of sp³-hybridized carbons (Fsp3) is 0.368. The molecule has 4 N–H and O–H groups in total. The monoisotopic (exact) mass is 1250 g/mol. The lowest BCUT2D eigenvalue weighted by atomic mass is 9.74. The molecule has 0 amide bonds. The molecule has 0 fully saturated rings. The Kier molecular flexibility index (Phi) is 17.4. The van der Waals surface area contributed by atoms with Crippen LogP contribution in [0.2, 0.25) is 0 Å². The Bertz CT molecular complexity index is 3470. The predicted molar refractivity (Wildman–Crippen MR) is 346 cm³/mol. The van der Waals surface area contributed by atoms with Gasteiger partial charge in [-0.1, -0.05) is 77.6 Å². The molecule has 16 heteroatoms. The number of hydrogen-bond donors (Lipinski definition) is 4. The minimum absolute atomic E-state index is 0.0115. The maximum absolute atomic E-state index is 11.0. The predicted octanol–water partition coefficient (Wildman–Crippen LogP) is 17.0. The van der Waals surface area contributed by atoms with Gasteiger partial charge in [0.1, 0.15) is 118 Å². The van der Waals surface area contributed by atoms with Crippen LogP contribution < -0.4 is 56.8 Å². The summed E-state index contributed by atoms with van der Waals surface area (Å²) in [7, 11) is 0. The van der Waals surface area contributed by atoms with Crippen molar-refractivity contribution < 1.29 is 77.3 Å². The third kappa shape index (κ3) is 11.1. The highest BCUT2D eigenvalue weighted by Crippen LogP contribution is 2.59. The average Bonchev–Trinajstić information content (AvgIpc) is 0.731. The zero-order chi connectivity index (χ0) is 63.9. The van der Waals surface area contributed by atoms with Crippen LogP contribution in [-0.2, 0) is 26.4 Å². The van der Waals surface area contributed by atoms with Gasteiger partial charge < -0.3 is 77.3 Å². The van der Waals surface area contributed by atoms with Crippen molar-refractivity contribution in [3.8, 4) is 92.0 Å². The van der Waals surface area contributed by atoms with E-state index in [1.54, 1.807) is 48.5 Å². The Morgan fingerprint density at radius 1 is 0.304 bits per heavy atom. The molecule has 92 heavy (non-hydrogen) atoms. The van der Waals surface area contributed by atoms with E-state index in [1.165, 1.54) is 0 Å². The first-order valence-corrected chi connectivity index (χ1v) is 32.3. The summed E-state index contributed by atoms with van der Waals surface area (Å²) in [6.45, 7) is 15.1. The third-order valence-corrected chi connectivity index (χ3v) is 19.0. The molecule has 8 aromatic rings. The molecule has 4 heterocycles. The normalized spacial score (nSPS) is 17.0. The van der Waals surface area contributed by atoms with Crippen LogP contribution in [0.4, 0.5) is 0 Å². The number of rotatable bonds is 20. The van der Waals surface area contributed by atoms with Gasteiger partial charge in [0, 0.05) is 90.4 Å². The van der Waals surface area contributed by atoms with Crippen LogP contribution in [-0.4, -0.2) is 47.6 Å². The summed E-state index contributed by atoms with van der Waals surface area (Å²) in [6, 6.07) is 30.2. The summed E-state index contributed by atoms with van der Waals surface area (Å²) >= 11 is 0. The second kappa shape index (κ2) is 26.0. The lowest BCUT2D eigenvalue weighted by molar-refractivity contribution is 0.0895. The van der Waals surface area contributed by atoms with Crippen LogP contribution in [0.15, 0.2) is 97.1 Å². The van der Waals surface area contributed by atoms with Crippen molar-refractivity contribution in [3.05, 3.63) is 186 Å². The average molecular weight is 1250 g/mol. The van der Waals surface area contributed by atoms with Crippen LogP contribution in [0.1, 0.15) is 192 Å². The van der Waals surface area contributed by atoms with Crippen molar-refractivity contribution in [2.75, 3.05) is 27.2 Å². The first-order valence-electron chi connectivity index (χ1n) is 32.3. The van der Waals surface area contributed by atoms with Gasteiger partial charge >= 0.3 is 0 Å². The maximum atomic E-state index is 11.0. The Balaban J connectivity index is 1.16. The number of aromatic hydroxyl groups is 4. The van der Waals surface area contributed by atoms with Crippen molar-refractivity contribution in [2.24, 2.45) is 0 Å². The molecule has 8 bridgehead atoms. The van der Waals surface area contributed by atoms with Gasteiger partial charge in [0.25, 0.3) is 0 Å². The molecule has 0 aromatic heterocycles. The summed E-state index contributed by atoms with van der Waals surface area (Å²) in [5, 5.41) is 44.0. The summed E-state index contributed by atoms with van der Waals surface area (Å²) in [6.07, 6.45) is 5.66. The van der Waals surface area contributed by atoms with Gasteiger partial charge in [-0.05, 0) is 126 Å². The molecule has 4 aliphatic heterocycles. The number of ether oxygens (including phenoxy) is 12. The molecule has 0 spiro atoms. The summed E-state index contributed by atoms with van der Waals surface area (Å²) in [4.78, 5) is 0. The Hall–Kier alpha value is -9.44.